The molecule has 2 aromatic rings. The highest BCUT2D eigenvalue weighted by molar-refractivity contribution is 5.94. The Hall–Kier alpha value is -2.76. The van der Waals surface area contributed by atoms with Crippen molar-refractivity contribution in [2.45, 2.75) is 32.2 Å². The van der Waals surface area contributed by atoms with E-state index < -0.39 is 0 Å². The fraction of sp³-hybridized carbons (Fsp3) is 0.429. The van der Waals surface area contributed by atoms with Gasteiger partial charge < -0.3 is 19.4 Å². The standard InChI is InChI=1S/C21H26N2O4/c1-3-19(15-4-6-18(26-2)7-5-15)22-20(24)16-8-11-23(12-9-16)21(25)17-10-13-27-14-17/h4-7,10,13-14,16,19H,3,8-9,11-12H2,1-2H3,(H,22,24). The number of piperidine rings is 1. The summed E-state index contributed by atoms with van der Waals surface area (Å²) < 4.78 is 10.2. The molecule has 1 atom stereocenters. The zero-order chi connectivity index (χ0) is 19.2. The quantitative estimate of drug-likeness (QED) is 0.846. The van der Waals surface area contributed by atoms with Gasteiger partial charge in [0.1, 0.15) is 12.0 Å². The SMILES string of the molecule is CCC(NC(=O)C1CCN(C(=O)c2ccoc2)CC1)c1ccc(OC)cc1. The number of nitrogens with one attached hydrogen (secondary N) is 1. The van der Waals surface area contributed by atoms with Gasteiger partial charge in [-0.1, -0.05) is 19.1 Å². The van der Waals surface area contributed by atoms with Crippen LogP contribution in [-0.4, -0.2) is 36.9 Å². The van der Waals surface area contributed by atoms with Crippen LogP contribution in [0, 0.1) is 5.92 Å². The minimum absolute atomic E-state index is 0.0194. The second kappa shape index (κ2) is 8.75. The number of furan rings is 1. The van der Waals surface area contributed by atoms with Crippen LogP contribution >= 0.6 is 0 Å². The second-order valence-corrected chi connectivity index (χ2v) is 6.82. The molecule has 6 nitrogen and oxygen atoms in total. The maximum atomic E-state index is 12.7. The number of amides is 2. The molecule has 2 amide bonds. The molecule has 1 N–H and O–H groups in total. The van der Waals surface area contributed by atoms with Crippen molar-refractivity contribution >= 4 is 11.8 Å². The van der Waals surface area contributed by atoms with Crippen molar-refractivity contribution in [3.63, 3.8) is 0 Å². The summed E-state index contributed by atoms with van der Waals surface area (Å²) in [5, 5.41) is 3.16. The largest absolute Gasteiger partial charge is 0.497 e. The number of methoxy groups -OCH3 is 1. The predicted octanol–water partition coefficient (Wildman–Crippen LogP) is 3.41. The summed E-state index contributed by atoms with van der Waals surface area (Å²) in [6.45, 7) is 3.23. The third-order valence-corrected chi connectivity index (χ3v) is 5.16. The lowest BCUT2D eigenvalue weighted by Gasteiger charge is -2.32. The Bertz CT molecular complexity index is 747. The third kappa shape index (κ3) is 4.51. The summed E-state index contributed by atoms with van der Waals surface area (Å²) in [5.41, 5.74) is 1.63. The average Bonchev–Trinajstić information content (AvgIpc) is 3.26. The zero-order valence-electron chi connectivity index (χ0n) is 15.8. The molecule has 0 aliphatic carbocycles. The van der Waals surface area contributed by atoms with Crippen molar-refractivity contribution in [3.05, 3.63) is 54.0 Å². The van der Waals surface area contributed by atoms with Gasteiger partial charge >= 0.3 is 0 Å². The molecule has 1 unspecified atom stereocenters. The minimum Gasteiger partial charge on any atom is -0.497 e. The number of ether oxygens (including phenoxy) is 1. The first-order valence-electron chi connectivity index (χ1n) is 9.38. The Morgan fingerprint density at radius 1 is 1.22 bits per heavy atom. The van der Waals surface area contributed by atoms with E-state index in [4.69, 9.17) is 9.15 Å². The van der Waals surface area contributed by atoms with Crippen LogP contribution in [0.3, 0.4) is 0 Å². The summed E-state index contributed by atoms with van der Waals surface area (Å²) in [4.78, 5) is 26.9. The molecule has 144 valence electrons. The van der Waals surface area contributed by atoms with Gasteiger partial charge in [0.2, 0.25) is 5.91 Å². The summed E-state index contributed by atoms with van der Waals surface area (Å²) in [6.07, 6.45) is 5.12. The van der Waals surface area contributed by atoms with Crippen molar-refractivity contribution in [2.24, 2.45) is 5.92 Å². The van der Waals surface area contributed by atoms with Gasteiger partial charge in [0.15, 0.2) is 0 Å². The molecule has 1 aromatic carbocycles. The molecule has 1 fully saturated rings. The summed E-state index contributed by atoms with van der Waals surface area (Å²) >= 11 is 0. The molecular formula is C21H26N2O4. The van der Waals surface area contributed by atoms with Gasteiger partial charge in [0.05, 0.1) is 25.0 Å². The Morgan fingerprint density at radius 3 is 2.48 bits per heavy atom. The number of likely N-dealkylation sites (tertiary alicyclic amines) is 1. The van der Waals surface area contributed by atoms with E-state index in [0.717, 1.165) is 17.7 Å². The van der Waals surface area contributed by atoms with E-state index in [1.807, 2.05) is 24.3 Å². The van der Waals surface area contributed by atoms with Gasteiger partial charge in [-0.05, 0) is 43.0 Å². The van der Waals surface area contributed by atoms with Gasteiger partial charge in [0.25, 0.3) is 5.91 Å². The van der Waals surface area contributed by atoms with Crippen LogP contribution in [-0.2, 0) is 4.79 Å². The molecule has 0 spiro atoms. The van der Waals surface area contributed by atoms with E-state index in [1.54, 1.807) is 18.1 Å². The van der Waals surface area contributed by atoms with Crippen LogP contribution < -0.4 is 10.1 Å². The number of hydrogen-bond acceptors (Lipinski definition) is 4. The van der Waals surface area contributed by atoms with Gasteiger partial charge in [-0.3, -0.25) is 9.59 Å². The summed E-state index contributed by atoms with van der Waals surface area (Å²) in [5.74, 6) is 0.764. The van der Waals surface area contributed by atoms with Gasteiger partial charge in [-0.2, -0.15) is 0 Å². The van der Waals surface area contributed by atoms with E-state index in [0.29, 0.717) is 31.5 Å². The highest BCUT2D eigenvalue weighted by Gasteiger charge is 2.29. The Labute approximate surface area is 159 Å². The van der Waals surface area contributed by atoms with Crippen LogP contribution in [0.25, 0.3) is 0 Å². The number of carbonyl (C=O) groups excluding carboxylic acids is 2. The van der Waals surface area contributed by atoms with E-state index in [1.165, 1.54) is 12.5 Å². The number of benzene rings is 1. The topological polar surface area (TPSA) is 71.8 Å². The smallest absolute Gasteiger partial charge is 0.257 e. The highest BCUT2D eigenvalue weighted by Crippen LogP contribution is 2.23. The van der Waals surface area contributed by atoms with E-state index in [9.17, 15) is 9.59 Å². The van der Waals surface area contributed by atoms with E-state index in [-0.39, 0.29) is 23.8 Å². The Morgan fingerprint density at radius 2 is 1.93 bits per heavy atom. The van der Waals surface area contributed by atoms with Crippen molar-refractivity contribution in [1.82, 2.24) is 10.2 Å². The normalized spacial score (nSPS) is 16.0. The van der Waals surface area contributed by atoms with E-state index in [2.05, 4.69) is 12.2 Å². The predicted molar refractivity (Wildman–Crippen MR) is 102 cm³/mol. The van der Waals surface area contributed by atoms with Crippen LogP contribution in [0.15, 0.2) is 47.3 Å². The first-order valence-corrected chi connectivity index (χ1v) is 9.38. The lowest BCUT2D eigenvalue weighted by atomic mass is 9.94. The molecule has 6 heteroatoms. The number of nitrogens with zero attached hydrogens (tertiary/aromatic N) is 1. The van der Waals surface area contributed by atoms with Crippen LogP contribution in [0.2, 0.25) is 0 Å². The van der Waals surface area contributed by atoms with Crippen LogP contribution in [0.4, 0.5) is 0 Å². The zero-order valence-corrected chi connectivity index (χ0v) is 15.8. The molecule has 2 heterocycles. The van der Waals surface area contributed by atoms with Crippen molar-refractivity contribution in [1.29, 1.82) is 0 Å². The van der Waals surface area contributed by atoms with Crippen molar-refractivity contribution < 1.29 is 18.7 Å². The highest BCUT2D eigenvalue weighted by atomic mass is 16.5. The first-order chi connectivity index (χ1) is 13.1. The third-order valence-electron chi connectivity index (χ3n) is 5.16. The molecule has 0 radical (unpaired) electrons. The number of rotatable bonds is 6. The van der Waals surface area contributed by atoms with Gasteiger partial charge in [0, 0.05) is 19.0 Å². The molecule has 1 aliphatic rings. The molecule has 3 rings (SSSR count). The molecule has 1 aliphatic heterocycles. The van der Waals surface area contributed by atoms with Crippen molar-refractivity contribution in [2.75, 3.05) is 20.2 Å². The first kappa shape index (κ1) is 19.0. The maximum Gasteiger partial charge on any atom is 0.257 e. The van der Waals surface area contributed by atoms with Crippen molar-refractivity contribution in [3.8, 4) is 5.75 Å². The number of carbonyl (C=O) groups is 2. The van der Waals surface area contributed by atoms with Gasteiger partial charge in [-0.15, -0.1) is 0 Å². The fourth-order valence-electron chi connectivity index (χ4n) is 3.46. The summed E-state index contributed by atoms with van der Waals surface area (Å²) in [6, 6.07) is 9.43. The lowest BCUT2D eigenvalue weighted by Crippen LogP contribution is -2.43. The molecule has 1 saturated heterocycles. The fourth-order valence-corrected chi connectivity index (χ4v) is 3.46. The second-order valence-electron chi connectivity index (χ2n) is 6.82. The van der Waals surface area contributed by atoms with E-state index >= 15 is 0 Å². The maximum absolute atomic E-state index is 12.7. The number of hydrogen-bond donors (Lipinski definition) is 1. The summed E-state index contributed by atoms with van der Waals surface area (Å²) in [7, 11) is 1.64. The molecule has 0 bridgehead atoms. The minimum atomic E-state index is -0.0642. The molecule has 27 heavy (non-hydrogen) atoms. The van der Waals surface area contributed by atoms with Crippen LogP contribution in [0.1, 0.15) is 48.1 Å². The Kier molecular flexibility index (Phi) is 6.16. The van der Waals surface area contributed by atoms with Gasteiger partial charge in [-0.25, -0.2) is 0 Å². The average molecular weight is 370 g/mol. The lowest BCUT2D eigenvalue weighted by molar-refractivity contribution is -0.127. The monoisotopic (exact) mass is 370 g/mol. The molecular weight excluding hydrogens is 344 g/mol. The van der Waals surface area contributed by atoms with Crippen LogP contribution in [0.5, 0.6) is 5.75 Å². The molecule has 0 saturated carbocycles. The Balaban J connectivity index is 1.54. The molecule has 1 aromatic heterocycles.